The molecule has 2 nitrogen and oxygen atoms in total. The van der Waals surface area contributed by atoms with Crippen molar-refractivity contribution in [3.05, 3.63) is 0 Å². The van der Waals surface area contributed by atoms with Crippen molar-refractivity contribution in [2.24, 2.45) is 0 Å². The van der Waals surface area contributed by atoms with Gasteiger partial charge >= 0.3 is 0 Å². The van der Waals surface area contributed by atoms with Crippen molar-refractivity contribution in [3.8, 4) is 11.8 Å². The molecule has 0 aromatic carbocycles. The Morgan fingerprint density at radius 1 is 1.12 bits per heavy atom. The van der Waals surface area contributed by atoms with Crippen LogP contribution in [0.2, 0.25) is 0 Å². The number of rotatable bonds is 5. The highest BCUT2D eigenvalue weighted by atomic mass is 16.5. The van der Waals surface area contributed by atoms with Gasteiger partial charge in [0.25, 0.3) is 0 Å². The van der Waals surface area contributed by atoms with Crippen LogP contribution in [0.1, 0.15) is 48.0 Å². The van der Waals surface area contributed by atoms with E-state index in [1.54, 1.807) is 0 Å². The molecule has 16 heavy (non-hydrogen) atoms. The maximum absolute atomic E-state index is 5.78. The Labute approximate surface area is 101 Å². The first-order chi connectivity index (χ1) is 7.39. The van der Waals surface area contributed by atoms with Gasteiger partial charge in [-0.3, -0.25) is 4.90 Å². The van der Waals surface area contributed by atoms with E-state index in [0.717, 1.165) is 26.1 Å². The van der Waals surface area contributed by atoms with E-state index >= 15 is 0 Å². The fourth-order valence-corrected chi connectivity index (χ4v) is 1.48. The summed E-state index contributed by atoms with van der Waals surface area (Å²) in [6.45, 7) is 15.6. The standard InChI is InChI=1S/C14H27NO/c1-7-15(8-2)12-10-9-11-13(3)16-14(4,5)6/h13H,7-8,11-12H2,1-6H3. The van der Waals surface area contributed by atoms with Crippen LogP contribution in [-0.2, 0) is 4.74 Å². The van der Waals surface area contributed by atoms with Crippen molar-refractivity contribution in [2.45, 2.75) is 59.7 Å². The molecule has 0 aliphatic heterocycles. The van der Waals surface area contributed by atoms with Crippen molar-refractivity contribution < 1.29 is 4.74 Å². The van der Waals surface area contributed by atoms with E-state index in [9.17, 15) is 0 Å². The molecular formula is C14H27NO. The zero-order valence-corrected chi connectivity index (χ0v) is 11.8. The smallest absolute Gasteiger partial charge is 0.0663 e. The van der Waals surface area contributed by atoms with Gasteiger partial charge in [0.2, 0.25) is 0 Å². The summed E-state index contributed by atoms with van der Waals surface area (Å²) < 4.78 is 5.78. The van der Waals surface area contributed by atoms with Crippen molar-refractivity contribution >= 4 is 0 Å². The molecule has 2 heteroatoms. The second kappa shape index (κ2) is 7.70. The first-order valence-corrected chi connectivity index (χ1v) is 6.25. The molecule has 0 spiro atoms. The fraction of sp³-hybridized carbons (Fsp3) is 0.857. The SMILES string of the molecule is CCN(CC)CC#CCC(C)OC(C)(C)C. The summed E-state index contributed by atoms with van der Waals surface area (Å²) in [7, 11) is 0. The topological polar surface area (TPSA) is 12.5 Å². The minimum absolute atomic E-state index is 0.0695. The zero-order chi connectivity index (χ0) is 12.6. The largest absolute Gasteiger partial charge is 0.372 e. The molecule has 94 valence electrons. The van der Waals surface area contributed by atoms with E-state index in [-0.39, 0.29) is 11.7 Å². The summed E-state index contributed by atoms with van der Waals surface area (Å²) in [5.41, 5.74) is -0.0695. The monoisotopic (exact) mass is 225 g/mol. The predicted molar refractivity (Wildman–Crippen MR) is 70.5 cm³/mol. The van der Waals surface area contributed by atoms with Gasteiger partial charge in [0, 0.05) is 6.42 Å². The molecular weight excluding hydrogens is 198 g/mol. The Hall–Kier alpha value is -0.520. The molecule has 0 saturated carbocycles. The highest BCUT2D eigenvalue weighted by Crippen LogP contribution is 2.11. The van der Waals surface area contributed by atoms with Crippen molar-refractivity contribution in [3.63, 3.8) is 0 Å². The molecule has 0 aromatic rings. The molecule has 0 radical (unpaired) electrons. The molecule has 0 heterocycles. The molecule has 0 fully saturated rings. The third-order valence-corrected chi connectivity index (χ3v) is 2.27. The Bertz CT molecular complexity index is 227. The second-order valence-electron chi connectivity index (χ2n) is 5.06. The molecule has 1 unspecified atom stereocenters. The highest BCUT2D eigenvalue weighted by Gasteiger charge is 2.13. The summed E-state index contributed by atoms with van der Waals surface area (Å²) in [4.78, 5) is 2.31. The maximum Gasteiger partial charge on any atom is 0.0663 e. The zero-order valence-electron chi connectivity index (χ0n) is 11.8. The van der Waals surface area contributed by atoms with Gasteiger partial charge in [-0.05, 0) is 40.8 Å². The van der Waals surface area contributed by atoms with Crippen LogP contribution in [0.5, 0.6) is 0 Å². The molecule has 0 N–H and O–H groups in total. The van der Waals surface area contributed by atoms with Crippen LogP contribution in [0.15, 0.2) is 0 Å². The first kappa shape index (κ1) is 15.5. The lowest BCUT2D eigenvalue weighted by Crippen LogP contribution is -2.25. The Balaban J connectivity index is 3.83. The normalized spacial score (nSPS) is 13.4. The summed E-state index contributed by atoms with van der Waals surface area (Å²) in [6, 6.07) is 0. The van der Waals surface area contributed by atoms with E-state index < -0.39 is 0 Å². The minimum atomic E-state index is -0.0695. The predicted octanol–water partition coefficient (Wildman–Crippen LogP) is 2.93. The Morgan fingerprint density at radius 3 is 2.12 bits per heavy atom. The Kier molecular flexibility index (Phi) is 7.45. The van der Waals surface area contributed by atoms with Crippen LogP contribution in [0.3, 0.4) is 0 Å². The van der Waals surface area contributed by atoms with Gasteiger partial charge in [-0.2, -0.15) is 0 Å². The van der Waals surface area contributed by atoms with Crippen LogP contribution in [0.4, 0.5) is 0 Å². The molecule has 0 rings (SSSR count). The van der Waals surface area contributed by atoms with Gasteiger partial charge in [-0.1, -0.05) is 25.7 Å². The lowest BCUT2D eigenvalue weighted by Gasteiger charge is -2.23. The van der Waals surface area contributed by atoms with Gasteiger partial charge < -0.3 is 4.74 Å². The highest BCUT2D eigenvalue weighted by molar-refractivity contribution is 5.02. The minimum Gasteiger partial charge on any atom is -0.372 e. The maximum atomic E-state index is 5.78. The van der Waals surface area contributed by atoms with Gasteiger partial charge in [0.1, 0.15) is 0 Å². The van der Waals surface area contributed by atoms with Gasteiger partial charge in [0.05, 0.1) is 18.2 Å². The van der Waals surface area contributed by atoms with Gasteiger partial charge in [-0.25, -0.2) is 0 Å². The first-order valence-electron chi connectivity index (χ1n) is 6.25. The molecule has 0 bridgehead atoms. The average Bonchev–Trinajstić information content (AvgIpc) is 2.15. The number of ether oxygens (including phenoxy) is 1. The number of hydrogen-bond acceptors (Lipinski definition) is 2. The van der Waals surface area contributed by atoms with Crippen LogP contribution in [0.25, 0.3) is 0 Å². The second-order valence-corrected chi connectivity index (χ2v) is 5.06. The molecule has 0 aromatic heterocycles. The van der Waals surface area contributed by atoms with E-state index in [4.69, 9.17) is 4.74 Å². The lowest BCUT2D eigenvalue weighted by atomic mass is 10.1. The van der Waals surface area contributed by atoms with E-state index in [0.29, 0.717) is 0 Å². The summed E-state index contributed by atoms with van der Waals surface area (Å²) in [6.07, 6.45) is 1.03. The van der Waals surface area contributed by atoms with Crippen LogP contribution in [0, 0.1) is 11.8 Å². The van der Waals surface area contributed by atoms with Crippen molar-refractivity contribution in [1.29, 1.82) is 0 Å². The summed E-state index contributed by atoms with van der Waals surface area (Å²) in [5, 5.41) is 0. The van der Waals surface area contributed by atoms with Crippen molar-refractivity contribution in [1.82, 2.24) is 4.90 Å². The van der Waals surface area contributed by atoms with Gasteiger partial charge in [-0.15, -0.1) is 0 Å². The molecule has 0 aliphatic carbocycles. The van der Waals surface area contributed by atoms with E-state index in [1.807, 2.05) is 0 Å². The third-order valence-electron chi connectivity index (χ3n) is 2.27. The van der Waals surface area contributed by atoms with Crippen LogP contribution >= 0.6 is 0 Å². The van der Waals surface area contributed by atoms with Crippen LogP contribution in [-0.4, -0.2) is 36.2 Å². The molecule has 0 saturated heterocycles. The molecule has 0 aliphatic rings. The fourth-order valence-electron chi connectivity index (χ4n) is 1.48. The number of nitrogens with zero attached hydrogens (tertiary/aromatic N) is 1. The van der Waals surface area contributed by atoms with Gasteiger partial charge in [0.15, 0.2) is 0 Å². The van der Waals surface area contributed by atoms with Crippen LogP contribution < -0.4 is 0 Å². The van der Waals surface area contributed by atoms with Crippen molar-refractivity contribution in [2.75, 3.05) is 19.6 Å². The third kappa shape index (κ3) is 8.76. The summed E-state index contributed by atoms with van der Waals surface area (Å²) in [5.74, 6) is 6.39. The quantitative estimate of drug-likeness (QED) is 0.667. The van der Waals surface area contributed by atoms with E-state index in [1.165, 1.54) is 0 Å². The van der Waals surface area contributed by atoms with E-state index in [2.05, 4.69) is 58.3 Å². The average molecular weight is 225 g/mol. The molecule has 0 amide bonds. The summed E-state index contributed by atoms with van der Waals surface area (Å²) >= 11 is 0. The Morgan fingerprint density at radius 2 is 1.69 bits per heavy atom. The lowest BCUT2D eigenvalue weighted by molar-refractivity contribution is -0.0485. The molecule has 1 atom stereocenters. The number of hydrogen-bond donors (Lipinski definition) is 0.